The summed E-state index contributed by atoms with van der Waals surface area (Å²) in [4.78, 5) is 8.30. The molecule has 1 aromatic heterocycles. The molecule has 1 N–H and O–H groups in total. The maximum absolute atomic E-state index is 9.48. The van der Waals surface area contributed by atoms with Crippen LogP contribution in [0.15, 0.2) is 88.9 Å². The summed E-state index contributed by atoms with van der Waals surface area (Å²) in [7, 11) is 0. The van der Waals surface area contributed by atoms with Crippen LogP contribution >= 0.6 is 11.8 Å². The number of para-hydroxylation sites is 2. The maximum Gasteiger partial charge on any atom is 0.171 e. The number of H-pyrrole nitrogens is 1. The Balaban J connectivity index is 1.43. The Hall–Kier alpha value is -3.49. The molecule has 1 heterocycles. The van der Waals surface area contributed by atoms with Crippen molar-refractivity contribution in [1.29, 1.82) is 5.26 Å². The molecule has 0 amide bonds. The van der Waals surface area contributed by atoms with Gasteiger partial charge >= 0.3 is 0 Å². The number of benzene rings is 3. The zero-order valence-electron chi connectivity index (χ0n) is 15.0. The second kappa shape index (κ2) is 8.47. The van der Waals surface area contributed by atoms with Crippen molar-refractivity contribution in [1.82, 2.24) is 9.97 Å². The summed E-state index contributed by atoms with van der Waals surface area (Å²) in [5.74, 6) is 0.796. The number of thioether (sulfide) groups is 1. The lowest BCUT2D eigenvalue weighted by atomic mass is 10.2. The molecule has 4 rings (SSSR count). The van der Waals surface area contributed by atoms with E-state index in [4.69, 9.17) is 4.74 Å². The van der Waals surface area contributed by atoms with Crippen molar-refractivity contribution in [3.05, 3.63) is 94.9 Å². The first-order chi connectivity index (χ1) is 13.8. The van der Waals surface area contributed by atoms with Gasteiger partial charge < -0.3 is 9.72 Å². The van der Waals surface area contributed by atoms with Gasteiger partial charge in [-0.15, -0.1) is 0 Å². The van der Waals surface area contributed by atoms with E-state index in [1.807, 2.05) is 84.9 Å². The van der Waals surface area contributed by atoms with Crippen LogP contribution in [0.5, 0.6) is 5.75 Å². The zero-order chi connectivity index (χ0) is 19.2. The van der Waals surface area contributed by atoms with Crippen molar-refractivity contribution < 1.29 is 4.74 Å². The van der Waals surface area contributed by atoms with Crippen LogP contribution in [0.3, 0.4) is 0 Å². The monoisotopic (exact) mass is 383 g/mol. The van der Waals surface area contributed by atoms with Gasteiger partial charge in [-0.05, 0) is 53.2 Å². The largest absolute Gasteiger partial charge is 0.489 e. The minimum Gasteiger partial charge on any atom is -0.489 e. The molecule has 0 fully saturated rings. The summed E-state index contributed by atoms with van der Waals surface area (Å²) in [6.07, 6.45) is 1.85. The van der Waals surface area contributed by atoms with E-state index in [0.29, 0.717) is 16.7 Å². The summed E-state index contributed by atoms with van der Waals surface area (Å²) in [6.45, 7) is 0.529. The fourth-order valence-corrected chi connectivity index (χ4v) is 3.47. The van der Waals surface area contributed by atoms with Crippen LogP contribution in [-0.4, -0.2) is 9.97 Å². The minimum atomic E-state index is 0.529. The zero-order valence-corrected chi connectivity index (χ0v) is 15.8. The number of hydrogen-bond acceptors (Lipinski definition) is 4. The highest BCUT2D eigenvalue weighted by Gasteiger charge is 2.06. The number of fused-ring (bicyclic) bond motifs is 1. The fraction of sp³-hybridized carbons (Fsp3) is 0.0435. The van der Waals surface area contributed by atoms with E-state index in [1.165, 1.54) is 11.8 Å². The van der Waals surface area contributed by atoms with Gasteiger partial charge in [0.25, 0.3) is 0 Å². The van der Waals surface area contributed by atoms with Crippen LogP contribution < -0.4 is 4.74 Å². The number of nitrogens with one attached hydrogen (secondary N) is 1. The molecule has 0 aliphatic carbocycles. The number of hydrogen-bond donors (Lipinski definition) is 1. The molecule has 0 saturated carbocycles. The Bertz CT molecular complexity index is 1110. The highest BCUT2D eigenvalue weighted by atomic mass is 32.2. The van der Waals surface area contributed by atoms with Crippen molar-refractivity contribution in [2.24, 2.45) is 0 Å². The normalized spacial score (nSPS) is 11.3. The van der Waals surface area contributed by atoms with Crippen LogP contribution in [0, 0.1) is 11.3 Å². The number of aromatic nitrogens is 2. The molecule has 0 unspecified atom stereocenters. The third-order valence-electron chi connectivity index (χ3n) is 4.11. The quantitative estimate of drug-likeness (QED) is 0.338. The lowest BCUT2D eigenvalue weighted by Crippen LogP contribution is -1.94. The van der Waals surface area contributed by atoms with Gasteiger partial charge in [0.2, 0.25) is 0 Å². The SMILES string of the molecule is N#C/C(=C\c1ccc(OCc2ccccc2)cc1)Sc1nc2ccccc2[nH]1. The van der Waals surface area contributed by atoms with E-state index >= 15 is 0 Å². The first-order valence-electron chi connectivity index (χ1n) is 8.81. The summed E-state index contributed by atoms with van der Waals surface area (Å²) in [5.41, 5.74) is 3.91. The van der Waals surface area contributed by atoms with Crippen molar-refractivity contribution >= 4 is 28.9 Å². The maximum atomic E-state index is 9.48. The highest BCUT2D eigenvalue weighted by molar-refractivity contribution is 8.03. The number of ether oxygens (including phenoxy) is 1. The molecule has 0 radical (unpaired) electrons. The molecular weight excluding hydrogens is 366 g/mol. The van der Waals surface area contributed by atoms with Crippen LogP contribution in [0.2, 0.25) is 0 Å². The number of rotatable bonds is 6. The molecule has 28 heavy (non-hydrogen) atoms. The third kappa shape index (κ3) is 4.43. The first kappa shape index (κ1) is 17.9. The van der Waals surface area contributed by atoms with Gasteiger partial charge in [-0.1, -0.05) is 54.6 Å². The first-order valence-corrected chi connectivity index (χ1v) is 9.63. The van der Waals surface area contributed by atoms with E-state index in [-0.39, 0.29) is 0 Å². The van der Waals surface area contributed by atoms with Crippen LogP contribution in [0.25, 0.3) is 17.1 Å². The number of allylic oxidation sites excluding steroid dienone is 1. The van der Waals surface area contributed by atoms with Crippen molar-refractivity contribution in [2.45, 2.75) is 11.8 Å². The average Bonchev–Trinajstić information content (AvgIpc) is 3.16. The van der Waals surface area contributed by atoms with Crippen molar-refractivity contribution in [3.63, 3.8) is 0 Å². The Morgan fingerprint density at radius 1 is 1.00 bits per heavy atom. The minimum absolute atomic E-state index is 0.529. The van der Waals surface area contributed by atoms with E-state index in [1.54, 1.807) is 0 Å². The molecule has 0 spiro atoms. The second-order valence-corrected chi connectivity index (χ2v) is 7.16. The molecule has 0 aliphatic heterocycles. The van der Waals surface area contributed by atoms with Crippen LogP contribution in [0.1, 0.15) is 11.1 Å². The second-order valence-electron chi connectivity index (χ2n) is 6.12. The number of imidazole rings is 1. The topological polar surface area (TPSA) is 61.7 Å². The summed E-state index contributed by atoms with van der Waals surface area (Å²) < 4.78 is 5.80. The van der Waals surface area contributed by atoms with Gasteiger partial charge in [-0.2, -0.15) is 5.26 Å². The third-order valence-corrected chi connectivity index (χ3v) is 4.93. The summed E-state index contributed by atoms with van der Waals surface area (Å²) in [6, 6.07) is 27.8. The molecule has 0 saturated heterocycles. The molecule has 5 heteroatoms. The Morgan fingerprint density at radius 2 is 1.75 bits per heavy atom. The number of nitrogens with zero attached hydrogens (tertiary/aromatic N) is 2. The molecule has 0 bridgehead atoms. The highest BCUT2D eigenvalue weighted by Crippen LogP contribution is 2.27. The molecule has 136 valence electrons. The molecule has 4 aromatic rings. The molecule has 0 atom stereocenters. The van der Waals surface area contributed by atoms with Gasteiger partial charge in [-0.25, -0.2) is 4.98 Å². The number of nitriles is 1. The summed E-state index contributed by atoms with van der Waals surface area (Å²) in [5, 5.41) is 10.2. The molecular formula is C23H17N3OS. The Labute approximate surface area is 167 Å². The molecule has 4 nitrogen and oxygen atoms in total. The van der Waals surface area contributed by atoms with Gasteiger partial charge in [0, 0.05) is 0 Å². The predicted octanol–water partition coefficient (Wildman–Crippen LogP) is 5.80. The lowest BCUT2D eigenvalue weighted by molar-refractivity contribution is 0.306. The Kier molecular flexibility index (Phi) is 5.41. The Morgan fingerprint density at radius 3 is 2.50 bits per heavy atom. The smallest absolute Gasteiger partial charge is 0.171 e. The van der Waals surface area contributed by atoms with E-state index in [0.717, 1.165) is 27.9 Å². The van der Waals surface area contributed by atoms with Gasteiger partial charge in [-0.3, -0.25) is 0 Å². The van der Waals surface area contributed by atoms with Crippen molar-refractivity contribution in [3.8, 4) is 11.8 Å². The van der Waals surface area contributed by atoms with Gasteiger partial charge in [0.05, 0.1) is 15.9 Å². The molecule has 0 aliphatic rings. The van der Waals surface area contributed by atoms with E-state index < -0.39 is 0 Å². The van der Waals surface area contributed by atoms with Gasteiger partial charge in [0.15, 0.2) is 5.16 Å². The standard InChI is InChI=1S/C23H17N3OS/c24-15-20(28-23-25-21-8-4-5-9-22(21)26-23)14-17-10-12-19(13-11-17)27-16-18-6-2-1-3-7-18/h1-14H,16H2,(H,25,26)/b20-14+. The lowest BCUT2D eigenvalue weighted by Gasteiger charge is -2.06. The van der Waals surface area contributed by atoms with Crippen molar-refractivity contribution in [2.75, 3.05) is 0 Å². The van der Waals surface area contributed by atoms with E-state index in [9.17, 15) is 5.26 Å². The molecule has 3 aromatic carbocycles. The number of aromatic amines is 1. The van der Waals surface area contributed by atoms with Crippen LogP contribution in [-0.2, 0) is 6.61 Å². The van der Waals surface area contributed by atoms with Gasteiger partial charge in [0.1, 0.15) is 18.4 Å². The fourth-order valence-electron chi connectivity index (χ4n) is 2.72. The van der Waals surface area contributed by atoms with E-state index in [2.05, 4.69) is 16.0 Å². The average molecular weight is 383 g/mol. The summed E-state index contributed by atoms with van der Waals surface area (Å²) >= 11 is 1.32. The predicted molar refractivity (Wildman–Crippen MR) is 113 cm³/mol. The van der Waals surface area contributed by atoms with Crippen LogP contribution in [0.4, 0.5) is 0 Å².